The number of nitrogens with one attached hydrogen (secondary N) is 2. The van der Waals surface area contributed by atoms with Crippen LogP contribution >= 0.6 is 39.0 Å². The van der Waals surface area contributed by atoms with Gasteiger partial charge in [-0.25, -0.2) is 4.98 Å². The van der Waals surface area contributed by atoms with E-state index in [2.05, 4.69) is 41.7 Å². The molecule has 0 saturated heterocycles. The highest BCUT2D eigenvalue weighted by atomic mass is 79.9. The van der Waals surface area contributed by atoms with Gasteiger partial charge < -0.3 is 15.2 Å². The number of thiazole rings is 1. The quantitative estimate of drug-likeness (QED) is 0.281. The third-order valence-electron chi connectivity index (χ3n) is 5.14. The van der Waals surface area contributed by atoms with Gasteiger partial charge in [-0.2, -0.15) is 0 Å². The van der Waals surface area contributed by atoms with E-state index >= 15 is 0 Å². The summed E-state index contributed by atoms with van der Waals surface area (Å²) >= 11 is 6.07. The zero-order valence-electron chi connectivity index (χ0n) is 19.3. The number of anilines is 1. The second-order valence-corrected chi connectivity index (χ2v) is 10.6. The Kier molecular flexibility index (Phi) is 7.99. The molecule has 0 unspecified atom stereocenters. The van der Waals surface area contributed by atoms with Crippen molar-refractivity contribution in [2.75, 3.05) is 11.1 Å². The third-order valence-corrected chi connectivity index (χ3v) is 7.45. The van der Waals surface area contributed by atoms with Crippen LogP contribution in [-0.2, 0) is 11.8 Å². The summed E-state index contributed by atoms with van der Waals surface area (Å²) in [5.41, 5.74) is 3.47. The number of carbonyl (C=O) groups is 2. The number of benzene rings is 2. The Labute approximate surface area is 219 Å². The predicted molar refractivity (Wildman–Crippen MR) is 143 cm³/mol. The fourth-order valence-corrected chi connectivity index (χ4v) is 4.97. The monoisotopic (exact) mass is 570 g/mol. The van der Waals surface area contributed by atoms with Gasteiger partial charge in [0, 0.05) is 28.0 Å². The van der Waals surface area contributed by atoms with E-state index in [-0.39, 0.29) is 23.6 Å². The lowest BCUT2D eigenvalue weighted by atomic mass is 10.1. The molecule has 2 aromatic heterocycles. The molecule has 0 aliphatic carbocycles. The van der Waals surface area contributed by atoms with Gasteiger partial charge in [0.1, 0.15) is 0 Å². The van der Waals surface area contributed by atoms with Gasteiger partial charge in [-0.1, -0.05) is 57.5 Å². The largest absolute Gasteiger partial charge is 0.342 e. The van der Waals surface area contributed by atoms with Crippen LogP contribution in [0.5, 0.6) is 0 Å². The highest BCUT2D eigenvalue weighted by Gasteiger charge is 2.19. The molecule has 4 rings (SSSR count). The van der Waals surface area contributed by atoms with E-state index in [1.807, 2.05) is 62.7 Å². The lowest BCUT2D eigenvalue weighted by Gasteiger charge is -2.13. The van der Waals surface area contributed by atoms with E-state index in [1.54, 1.807) is 16.7 Å². The first-order chi connectivity index (χ1) is 16.8. The third kappa shape index (κ3) is 6.36. The molecular weight excluding hydrogens is 548 g/mol. The summed E-state index contributed by atoms with van der Waals surface area (Å²) in [6.07, 6.45) is 0. The van der Waals surface area contributed by atoms with Crippen molar-refractivity contribution in [2.24, 2.45) is 7.05 Å². The fraction of sp³-hybridized carbons (Fsp3) is 0.208. The van der Waals surface area contributed by atoms with Gasteiger partial charge in [0.05, 0.1) is 17.5 Å². The molecule has 0 radical (unpaired) electrons. The zero-order chi connectivity index (χ0) is 24.9. The van der Waals surface area contributed by atoms with Crippen molar-refractivity contribution in [1.82, 2.24) is 25.1 Å². The van der Waals surface area contributed by atoms with E-state index in [0.717, 1.165) is 21.3 Å². The van der Waals surface area contributed by atoms with Gasteiger partial charge in [0.2, 0.25) is 5.91 Å². The second kappa shape index (κ2) is 11.1. The minimum atomic E-state index is -0.350. The molecule has 180 valence electrons. The predicted octanol–water partition coefficient (Wildman–Crippen LogP) is 5.23. The average molecular weight is 572 g/mol. The standard InChI is InChI=1S/C24H23BrN6O2S2/c1-14-4-6-17(7-5-14)22(33)26-15(2)21-29-30-24(31(21)3)35-13-20(32)28-23-27-19(12-34-23)16-8-10-18(25)11-9-16/h4-12,15H,13H2,1-3H3,(H,26,33)(H,27,28,32)/t15-/m1/s1. The summed E-state index contributed by atoms with van der Waals surface area (Å²) in [4.78, 5) is 29.5. The Bertz CT molecular complexity index is 1340. The summed E-state index contributed by atoms with van der Waals surface area (Å²) in [7, 11) is 1.81. The van der Waals surface area contributed by atoms with Gasteiger partial charge in [0.15, 0.2) is 16.1 Å². The number of rotatable bonds is 8. The van der Waals surface area contributed by atoms with Gasteiger partial charge in [0.25, 0.3) is 5.91 Å². The molecule has 4 aromatic rings. The van der Waals surface area contributed by atoms with Crippen LogP contribution in [0.1, 0.15) is 34.7 Å². The highest BCUT2D eigenvalue weighted by Crippen LogP contribution is 2.26. The second-order valence-electron chi connectivity index (χ2n) is 7.84. The smallest absolute Gasteiger partial charge is 0.251 e. The van der Waals surface area contributed by atoms with Crippen LogP contribution in [0, 0.1) is 6.92 Å². The van der Waals surface area contributed by atoms with E-state index in [9.17, 15) is 9.59 Å². The maximum atomic E-state index is 12.5. The van der Waals surface area contributed by atoms with Crippen LogP contribution in [0.25, 0.3) is 11.3 Å². The van der Waals surface area contributed by atoms with Crippen LogP contribution in [0.3, 0.4) is 0 Å². The molecule has 0 saturated carbocycles. The summed E-state index contributed by atoms with van der Waals surface area (Å²) in [5, 5.41) is 17.2. The first kappa shape index (κ1) is 25.1. The highest BCUT2D eigenvalue weighted by molar-refractivity contribution is 9.10. The van der Waals surface area contributed by atoms with Gasteiger partial charge >= 0.3 is 0 Å². The number of aromatic nitrogens is 4. The van der Waals surface area contributed by atoms with Crippen molar-refractivity contribution in [3.8, 4) is 11.3 Å². The van der Waals surface area contributed by atoms with Gasteiger partial charge in [-0.15, -0.1) is 21.5 Å². The summed E-state index contributed by atoms with van der Waals surface area (Å²) in [5.74, 6) is 0.396. The molecular formula is C24H23BrN6O2S2. The number of hydrogen-bond acceptors (Lipinski definition) is 7. The topological polar surface area (TPSA) is 102 Å². The molecule has 0 aliphatic rings. The van der Waals surface area contributed by atoms with E-state index in [1.165, 1.54) is 23.1 Å². The molecule has 0 spiro atoms. The van der Waals surface area contributed by atoms with Crippen molar-refractivity contribution in [2.45, 2.75) is 25.0 Å². The first-order valence-corrected chi connectivity index (χ1v) is 13.4. The average Bonchev–Trinajstić information content (AvgIpc) is 3.45. The Hall–Kier alpha value is -3.02. The Balaban J connectivity index is 1.31. The zero-order valence-corrected chi connectivity index (χ0v) is 22.5. The van der Waals surface area contributed by atoms with Crippen LogP contribution in [0.2, 0.25) is 0 Å². The molecule has 11 heteroatoms. The van der Waals surface area contributed by atoms with Crippen molar-refractivity contribution < 1.29 is 9.59 Å². The number of aryl methyl sites for hydroxylation is 1. The van der Waals surface area contributed by atoms with Crippen molar-refractivity contribution in [3.05, 3.63) is 75.3 Å². The minimum Gasteiger partial charge on any atom is -0.342 e. The minimum absolute atomic E-state index is 0.156. The Morgan fingerprint density at radius 1 is 1.11 bits per heavy atom. The molecule has 0 bridgehead atoms. The van der Waals surface area contributed by atoms with Crippen molar-refractivity contribution in [1.29, 1.82) is 0 Å². The van der Waals surface area contributed by atoms with E-state index < -0.39 is 0 Å². The summed E-state index contributed by atoms with van der Waals surface area (Å²) in [6.45, 7) is 3.82. The molecule has 0 aliphatic heterocycles. The molecule has 8 nitrogen and oxygen atoms in total. The number of nitrogens with zero attached hydrogens (tertiary/aromatic N) is 4. The molecule has 2 heterocycles. The molecule has 1 atom stereocenters. The number of halogens is 1. The lowest BCUT2D eigenvalue weighted by Crippen LogP contribution is -2.28. The van der Waals surface area contributed by atoms with Crippen molar-refractivity contribution >= 4 is 56.0 Å². The molecule has 2 amide bonds. The van der Waals surface area contributed by atoms with Crippen molar-refractivity contribution in [3.63, 3.8) is 0 Å². The normalized spacial score (nSPS) is 11.8. The van der Waals surface area contributed by atoms with E-state index in [0.29, 0.717) is 21.7 Å². The molecule has 2 N–H and O–H groups in total. The van der Waals surface area contributed by atoms with Crippen LogP contribution in [-0.4, -0.2) is 37.3 Å². The molecule has 35 heavy (non-hydrogen) atoms. The van der Waals surface area contributed by atoms with Crippen LogP contribution in [0.15, 0.2) is 63.5 Å². The van der Waals surface area contributed by atoms with E-state index in [4.69, 9.17) is 0 Å². The number of thioether (sulfide) groups is 1. The summed E-state index contributed by atoms with van der Waals surface area (Å²) in [6, 6.07) is 14.9. The number of carbonyl (C=O) groups excluding carboxylic acids is 2. The molecule has 2 aromatic carbocycles. The first-order valence-electron chi connectivity index (χ1n) is 10.7. The molecule has 0 fully saturated rings. The van der Waals surface area contributed by atoms with Gasteiger partial charge in [-0.05, 0) is 38.1 Å². The number of amides is 2. The van der Waals surface area contributed by atoms with Crippen LogP contribution in [0.4, 0.5) is 5.13 Å². The SMILES string of the molecule is Cc1ccc(C(=O)N[C@H](C)c2nnc(SCC(=O)Nc3nc(-c4ccc(Br)cc4)cs3)n2C)cc1. The summed E-state index contributed by atoms with van der Waals surface area (Å²) < 4.78 is 2.78. The Morgan fingerprint density at radius 2 is 1.83 bits per heavy atom. The number of hydrogen-bond donors (Lipinski definition) is 2. The van der Waals surface area contributed by atoms with Crippen LogP contribution < -0.4 is 10.6 Å². The Morgan fingerprint density at radius 3 is 2.54 bits per heavy atom. The maximum Gasteiger partial charge on any atom is 0.251 e. The lowest BCUT2D eigenvalue weighted by molar-refractivity contribution is -0.113. The maximum absolute atomic E-state index is 12.5. The van der Waals surface area contributed by atoms with Gasteiger partial charge in [-0.3, -0.25) is 9.59 Å². The fourth-order valence-electron chi connectivity index (χ4n) is 3.25.